The van der Waals surface area contributed by atoms with E-state index in [0.717, 1.165) is 51.7 Å². The number of ether oxygens (including phenoxy) is 1. The molecule has 2 heterocycles. The van der Waals surface area contributed by atoms with Gasteiger partial charge in [-0.05, 0) is 6.92 Å². The van der Waals surface area contributed by atoms with Gasteiger partial charge in [-0.15, -0.1) is 0 Å². The van der Waals surface area contributed by atoms with E-state index in [0.29, 0.717) is 0 Å². The first-order valence-corrected chi connectivity index (χ1v) is 6.61. The molecule has 0 radical (unpaired) electrons. The molecule has 1 saturated heterocycles. The largest absolute Gasteiger partial charge is 0.383 e. The predicted molar refractivity (Wildman–Crippen MR) is 71.5 cm³/mol. The summed E-state index contributed by atoms with van der Waals surface area (Å²) in [5.41, 5.74) is 1.30. The van der Waals surface area contributed by atoms with Crippen molar-refractivity contribution in [1.29, 1.82) is 0 Å². The Hall–Kier alpha value is -0.910. The number of methoxy groups -OCH3 is 1. The number of aryl methyl sites for hydroxylation is 1. The number of nitrogens with zero attached hydrogens (tertiary/aromatic N) is 4. The quantitative estimate of drug-likeness (QED) is 0.764. The van der Waals surface area contributed by atoms with Crippen LogP contribution in [0.15, 0.2) is 6.20 Å². The smallest absolute Gasteiger partial charge is 0.105 e. The van der Waals surface area contributed by atoms with Crippen molar-refractivity contribution < 1.29 is 4.74 Å². The molecule has 0 atom stereocenters. The Morgan fingerprint density at radius 2 is 1.89 bits per heavy atom. The van der Waals surface area contributed by atoms with Gasteiger partial charge in [0, 0.05) is 59.6 Å². The number of hydrogen-bond donors (Lipinski definition) is 0. The Kier molecular flexibility index (Phi) is 4.74. The number of aromatic nitrogens is 2. The van der Waals surface area contributed by atoms with E-state index in [1.165, 1.54) is 5.69 Å². The van der Waals surface area contributed by atoms with Crippen LogP contribution in [0.3, 0.4) is 0 Å². The highest BCUT2D eigenvalue weighted by Crippen LogP contribution is 2.09. The first-order valence-electron chi connectivity index (χ1n) is 6.61. The molecule has 0 unspecified atom stereocenters. The van der Waals surface area contributed by atoms with E-state index in [-0.39, 0.29) is 0 Å². The lowest BCUT2D eigenvalue weighted by molar-refractivity contribution is 0.0928. The minimum absolute atomic E-state index is 0.834. The van der Waals surface area contributed by atoms with Crippen molar-refractivity contribution in [3.05, 3.63) is 17.7 Å². The van der Waals surface area contributed by atoms with Crippen molar-refractivity contribution in [2.75, 3.05) is 46.4 Å². The topological polar surface area (TPSA) is 33.5 Å². The Balaban J connectivity index is 1.78. The molecule has 1 aliphatic heterocycles. The first-order chi connectivity index (χ1) is 8.70. The maximum Gasteiger partial charge on any atom is 0.105 e. The van der Waals surface area contributed by atoms with Gasteiger partial charge in [-0.25, -0.2) is 4.98 Å². The van der Waals surface area contributed by atoms with Gasteiger partial charge in [0.25, 0.3) is 0 Å². The zero-order valence-electron chi connectivity index (χ0n) is 11.7. The van der Waals surface area contributed by atoms with Crippen molar-refractivity contribution in [2.24, 2.45) is 7.05 Å². The molecular weight excluding hydrogens is 228 g/mol. The standard InChI is InChI=1S/C13H24N4O/c1-12-14-10-13(15(12)2)11-17-6-4-16(5-7-17)8-9-18-3/h10H,4-9,11H2,1-3H3. The van der Waals surface area contributed by atoms with Crippen molar-refractivity contribution in [2.45, 2.75) is 13.5 Å². The molecule has 1 aromatic heterocycles. The van der Waals surface area contributed by atoms with Gasteiger partial charge in [0.15, 0.2) is 0 Å². The second-order valence-electron chi connectivity index (χ2n) is 4.97. The van der Waals surface area contributed by atoms with Crippen LogP contribution in [0, 0.1) is 6.92 Å². The van der Waals surface area contributed by atoms with E-state index in [1.54, 1.807) is 7.11 Å². The van der Waals surface area contributed by atoms with E-state index in [4.69, 9.17) is 4.74 Å². The minimum Gasteiger partial charge on any atom is -0.383 e. The number of rotatable bonds is 5. The Bertz CT molecular complexity index is 369. The van der Waals surface area contributed by atoms with Gasteiger partial charge < -0.3 is 9.30 Å². The fraction of sp³-hybridized carbons (Fsp3) is 0.769. The molecule has 0 aliphatic carbocycles. The molecule has 1 fully saturated rings. The molecule has 0 bridgehead atoms. The highest BCUT2D eigenvalue weighted by Gasteiger charge is 2.17. The van der Waals surface area contributed by atoms with Crippen molar-refractivity contribution >= 4 is 0 Å². The zero-order chi connectivity index (χ0) is 13.0. The van der Waals surface area contributed by atoms with Crippen molar-refractivity contribution in [1.82, 2.24) is 19.4 Å². The minimum atomic E-state index is 0.834. The summed E-state index contributed by atoms with van der Waals surface area (Å²) in [5.74, 6) is 1.09. The summed E-state index contributed by atoms with van der Waals surface area (Å²) in [6.07, 6.45) is 1.99. The summed E-state index contributed by atoms with van der Waals surface area (Å²) in [6.45, 7) is 9.49. The van der Waals surface area contributed by atoms with Crippen LogP contribution in [0.5, 0.6) is 0 Å². The molecule has 1 aliphatic rings. The molecule has 5 nitrogen and oxygen atoms in total. The van der Waals surface area contributed by atoms with Crippen LogP contribution in [-0.2, 0) is 18.3 Å². The fourth-order valence-electron chi connectivity index (χ4n) is 2.32. The normalized spacial score (nSPS) is 18.4. The molecule has 0 spiro atoms. The first kappa shape index (κ1) is 13.5. The van der Waals surface area contributed by atoms with E-state index in [9.17, 15) is 0 Å². The molecule has 0 aromatic carbocycles. The second-order valence-corrected chi connectivity index (χ2v) is 4.97. The van der Waals surface area contributed by atoms with E-state index >= 15 is 0 Å². The molecule has 0 amide bonds. The number of imidazole rings is 1. The third-order valence-electron chi connectivity index (χ3n) is 3.78. The van der Waals surface area contributed by atoms with Gasteiger partial charge in [0.1, 0.15) is 5.82 Å². The lowest BCUT2D eigenvalue weighted by atomic mass is 10.3. The molecule has 2 rings (SSSR count). The average Bonchev–Trinajstić information content (AvgIpc) is 2.70. The zero-order valence-corrected chi connectivity index (χ0v) is 11.7. The summed E-state index contributed by atoms with van der Waals surface area (Å²) in [6, 6.07) is 0. The van der Waals surface area contributed by atoms with Gasteiger partial charge in [0.05, 0.1) is 12.3 Å². The lowest BCUT2D eigenvalue weighted by Gasteiger charge is -2.34. The Morgan fingerprint density at radius 3 is 2.44 bits per heavy atom. The van der Waals surface area contributed by atoms with Gasteiger partial charge in [0.2, 0.25) is 0 Å². The van der Waals surface area contributed by atoms with Crippen LogP contribution in [0.1, 0.15) is 11.5 Å². The third kappa shape index (κ3) is 3.31. The summed E-state index contributed by atoms with van der Waals surface area (Å²) < 4.78 is 7.30. The van der Waals surface area contributed by atoms with Gasteiger partial charge in [-0.1, -0.05) is 0 Å². The maximum absolute atomic E-state index is 5.12. The van der Waals surface area contributed by atoms with E-state index in [2.05, 4.69) is 26.4 Å². The van der Waals surface area contributed by atoms with Gasteiger partial charge >= 0.3 is 0 Å². The Labute approximate surface area is 109 Å². The molecule has 102 valence electrons. The van der Waals surface area contributed by atoms with Crippen LogP contribution >= 0.6 is 0 Å². The average molecular weight is 252 g/mol. The summed E-state index contributed by atoms with van der Waals surface area (Å²) in [4.78, 5) is 9.31. The highest BCUT2D eigenvalue weighted by molar-refractivity contribution is 5.03. The molecule has 0 N–H and O–H groups in total. The van der Waals surface area contributed by atoms with Gasteiger partial charge in [-0.3, -0.25) is 9.80 Å². The predicted octanol–water partition coefficient (Wildman–Crippen LogP) is 0.493. The molecule has 0 saturated carbocycles. The number of piperazine rings is 1. The summed E-state index contributed by atoms with van der Waals surface area (Å²) in [7, 11) is 3.85. The fourth-order valence-corrected chi connectivity index (χ4v) is 2.32. The monoisotopic (exact) mass is 252 g/mol. The summed E-state index contributed by atoms with van der Waals surface area (Å²) in [5, 5.41) is 0. The third-order valence-corrected chi connectivity index (χ3v) is 3.78. The van der Waals surface area contributed by atoms with Crippen LogP contribution < -0.4 is 0 Å². The maximum atomic E-state index is 5.12. The Morgan fingerprint density at radius 1 is 1.22 bits per heavy atom. The van der Waals surface area contributed by atoms with Crippen molar-refractivity contribution in [3.63, 3.8) is 0 Å². The summed E-state index contributed by atoms with van der Waals surface area (Å²) >= 11 is 0. The van der Waals surface area contributed by atoms with E-state index < -0.39 is 0 Å². The van der Waals surface area contributed by atoms with Crippen LogP contribution in [-0.4, -0.2) is 65.8 Å². The molecule has 18 heavy (non-hydrogen) atoms. The van der Waals surface area contributed by atoms with E-state index in [1.807, 2.05) is 13.1 Å². The van der Waals surface area contributed by atoms with Crippen LogP contribution in [0.25, 0.3) is 0 Å². The van der Waals surface area contributed by atoms with Crippen LogP contribution in [0.2, 0.25) is 0 Å². The SMILES string of the molecule is COCCN1CCN(Cc2cnc(C)n2C)CC1. The van der Waals surface area contributed by atoms with Crippen molar-refractivity contribution in [3.8, 4) is 0 Å². The molecule has 5 heteroatoms. The van der Waals surface area contributed by atoms with Crippen LogP contribution in [0.4, 0.5) is 0 Å². The molecule has 1 aromatic rings. The number of hydrogen-bond acceptors (Lipinski definition) is 4. The van der Waals surface area contributed by atoms with Gasteiger partial charge in [-0.2, -0.15) is 0 Å². The lowest BCUT2D eigenvalue weighted by Crippen LogP contribution is -2.46. The second kappa shape index (κ2) is 6.31. The highest BCUT2D eigenvalue weighted by atomic mass is 16.5. The molecular formula is C13H24N4O.